The Morgan fingerprint density at radius 2 is 2.38 bits per heavy atom. The lowest BCUT2D eigenvalue weighted by Crippen LogP contribution is -2.39. The largest absolute Gasteiger partial charge is 0.354 e. The Hall–Kier alpha value is -0.870. The Labute approximate surface area is 100 Å². The van der Waals surface area contributed by atoms with Crippen molar-refractivity contribution >= 4 is 17.2 Å². The molecule has 1 heterocycles. The highest BCUT2D eigenvalue weighted by atomic mass is 32.1. The molecule has 0 aromatic carbocycles. The summed E-state index contributed by atoms with van der Waals surface area (Å²) in [6.07, 6.45) is 2.93. The zero-order chi connectivity index (χ0) is 11.5. The molecule has 0 aliphatic heterocycles. The normalized spacial score (nSPS) is 17.1. The molecular formula is C12H18N2OS. The van der Waals surface area contributed by atoms with Gasteiger partial charge in [0.2, 0.25) is 5.91 Å². The first-order valence-corrected chi connectivity index (χ1v) is 6.54. The summed E-state index contributed by atoms with van der Waals surface area (Å²) in [4.78, 5) is 14.0. The van der Waals surface area contributed by atoms with E-state index in [2.05, 4.69) is 12.2 Å². The minimum atomic E-state index is 0.0814. The molecule has 3 nitrogen and oxygen atoms in total. The van der Waals surface area contributed by atoms with Crippen LogP contribution in [0.5, 0.6) is 0 Å². The standard InChI is InChI=1S/C12H18N2OS/c1-8-2-5-10(16-8)6-12(15)14-7-11(13)9-3-4-9/h2,5,9,11H,3-4,6-7,13H2,1H3,(H,14,15). The van der Waals surface area contributed by atoms with Crippen LogP contribution in [0.2, 0.25) is 0 Å². The molecule has 0 bridgehead atoms. The van der Waals surface area contributed by atoms with Gasteiger partial charge < -0.3 is 11.1 Å². The van der Waals surface area contributed by atoms with Gasteiger partial charge in [0, 0.05) is 22.3 Å². The first-order valence-electron chi connectivity index (χ1n) is 5.73. The summed E-state index contributed by atoms with van der Waals surface area (Å²) in [6, 6.07) is 4.21. The number of hydrogen-bond acceptors (Lipinski definition) is 3. The van der Waals surface area contributed by atoms with Crippen LogP contribution < -0.4 is 11.1 Å². The molecule has 1 aromatic heterocycles. The van der Waals surface area contributed by atoms with Gasteiger partial charge in [-0.2, -0.15) is 0 Å². The fourth-order valence-corrected chi connectivity index (χ4v) is 2.61. The van der Waals surface area contributed by atoms with Crippen molar-refractivity contribution in [3.05, 3.63) is 21.9 Å². The molecule has 1 unspecified atom stereocenters. The zero-order valence-corrected chi connectivity index (χ0v) is 10.3. The fraction of sp³-hybridized carbons (Fsp3) is 0.583. The van der Waals surface area contributed by atoms with Crippen LogP contribution in [0, 0.1) is 12.8 Å². The van der Waals surface area contributed by atoms with E-state index in [1.807, 2.05) is 12.1 Å². The molecule has 1 aromatic rings. The maximum absolute atomic E-state index is 11.6. The van der Waals surface area contributed by atoms with E-state index in [4.69, 9.17) is 5.73 Å². The molecule has 1 fully saturated rings. The SMILES string of the molecule is Cc1ccc(CC(=O)NCC(N)C2CC2)s1. The third-order valence-electron chi connectivity index (χ3n) is 2.89. The monoisotopic (exact) mass is 238 g/mol. The van der Waals surface area contributed by atoms with Gasteiger partial charge in [0.1, 0.15) is 0 Å². The number of hydrogen-bond donors (Lipinski definition) is 2. The number of rotatable bonds is 5. The van der Waals surface area contributed by atoms with Crippen LogP contribution >= 0.6 is 11.3 Å². The van der Waals surface area contributed by atoms with Gasteiger partial charge >= 0.3 is 0 Å². The zero-order valence-electron chi connectivity index (χ0n) is 9.53. The van der Waals surface area contributed by atoms with Crippen LogP contribution in [-0.2, 0) is 11.2 Å². The number of amides is 1. The molecule has 1 saturated carbocycles. The highest BCUT2D eigenvalue weighted by Crippen LogP contribution is 2.31. The van der Waals surface area contributed by atoms with E-state index in [-0.39, 0.29) is 11.9 Å². The lowest BCUT2D eigenvalue weighted by molar-refractivity contribution is -0.120. The number of carbonyl (C=O) groups is 1. The summed E-state index contributed by atoms with van der Waals surface area (Å²) < 4.78 is 0. The van der Waals surface area contributed by atoms with Crippen molar-refractivity contribution in [2.75, 3.05) is 6.54 Å². The average molecular weight is 238 g/mol. The fourth-order valence-electron chi connectivity index (χ4n) is 1.72. The van der Waals surface area contributed by atoms with Crippen molar-refractivity contribution in [2.24, 2.45) is 11.7 Å². The minimum Gasteiger partial charge on any atom is -0.354 e. The van der Waals surface area contributed by atoms with Crippen molar-refractivity contribution in [2.45, 2.75) is 32.2 Å². The summed E-state index contributed by atoms with van der Waals surface area (Å²) in [5, 5.41) is 2.90. The van der Waals surface area contributed by atoms with E-state index in [9.17, 15) is 4.79 Å². The van der Waals surface area contributed by atoms with Crippen molar-refractivity contribution in [1.29, 1.82) is 0 Å². The number of thiophene rings is 1. The Bertz CT molecular complexity index is 371. The van der Waals surface area contributed by atoms with Crippen LogP contribution in [0.1, 0.15) is 22.6 Å². The van der Waals surface area contributed by atoms with E-state index < -0.39 is 0 Å². The average Bonchev–Trinajstić information content (AvgIpc) is 3.01. The second-order valence-corrected chi connectivity index (χ2v) is 5.87. The lowest BCUT2D eigenvalue weighted by atomic mass is 10.2. The molecule has 1 atom stereocenters. The summed E-state index contributed by atoms with van der Waals surface area (Å²) in [5.41, 5.74) is 5.91. The molecule has 2 rings (SSSR count). The summed E-state index contributed by atoms with van der Waals surface area (Å²) in [6.45, 7) is 2.67. The van der Waals surface area contributed by atoms with Crippen LogP contribution in [0.15, 0.2) is 12.1 Å². The Morgan fingerprint density at radius 3 is 2.94 bits per heavy atom. The van der Waals surface area contributed by atoms with Gasteiger partial charge in [-0.3, -0.25) is 4.79 Å². The van der Waals surface area contributed by atoms with Gasteiger partial charge in [-0.25, -0.2) is 0 Å². The van der Waals surface area contributed by atoms with Gasteiger partial charge in [-0.1, -0.05) is 0 Å². The Kier molecular flexibility index (Phi) is 3.61. The first-order chi connectivity index (χ1) is 7.65. The molecule has 3 N–H and O–H groups in total. The van der Waals surface area contributed by atoms with E-state index >= 15 is 0 Å². The van der Waals surface area contributed by atoms with Crippen LogP contribution in [0.3, 0.4) is 0 Å². The molecule has 1 aliphatic rings. The van der Waals surface area contributed by atoms with E-state index in [1.165, 1.54) is 17.7 Å². The second-order valence-electron chi connectivity index (χ2n) is 4.49. The topological polar surface area (TPSA) is 55.1 Å². The van der Waals surface area contributed by atoms with Gasteiger partial charge in [-0.15, -0.1) is 11.3 Å². The van der Waals surface area contributed by atoms with E-state index in [0.29, 0.717) is 18.9 Å². The third-order valence-corrected chi connectivity index (χ3v) is 3.89. The lowest BCUT2D eigenvalue weighted by Gasteiger charge is -2.10. The van der Waals surface area contributed by atoms with Gasteiger partial charge in [-0.05, 0) is 37.8 Å². The third kappa shape index (κ3) is 3.32. The molecule has 0 spiro atoms. The quantitative estimate of drug-likeness (QED) is 0.816. The molecule has 1 amide bonds. The molecule has 4 heteroatoms. The van der Waals surface area contributed by atoms with Crippen molar-refractivity contribution in [3.8, 4) is 0 Å². The van der Waals surface area contributed by atoms with Crippen LogP contribution in [-0.4, -0.2) is 18.5 Å². The van der Waals surface area contributed by atoms with Gasteiger partial charge in [0.25, 0.3) is 0 Å². The smallest absolute Gasteiger partial charge is 0.225 e. The highest BCUT2D eigenvalue weighted by molar-refractivity contribution is 7.12. The Morgan fingerprint density at radius 1 is 1.62 bits per heavy atom. The van der Waals surface area contributed by atoms with Gasteiger partial charge in [0.15, 0.2) is 0 Å². The summed E-state index contributed by atoms with van der Waals surface area (Å²) in [7, 11) is 0. The Balaban J connectivity index is 1.71. The number of aryl methyl sites for hydroxylation is 1. The maximum atomic E-state index is 11.6. The van der Waals surface area contributed by atoms with Gasteiger partial charge in [0.05, 0.1) is 6.42 Å². The number of carbonyl (C=O) groups excluding carboxylic acids is 1. The summed E-state index contributed by atoms with van der Waals surface area (Å²) >= 11 is 1.68. The first kappa shape index (κ1) is 11.6. The van der Waals surface area contributed by atoms with Crippen molar-refractivity contribution in [1.82, 2.24) is 5.32 Å². The molecular weight excluding hydrogens is 220 g/mol. The highest BCUT2D eigenvalue weighted by Gasteiger charge is 2.28. The van der Waals surface area contributed by atoms with Crippen LogP contribution in [0.4, 0.5) is 0 Å². The van der Waals surface area contributed by atoms with E-state index in [1.54, 1.807) is 11.3 Å². The van der Waals surface area contributed by atoms with Crippen molar-refractivity contribution in [3.63, 3.8) is 0 Å². The predicted octanol–water partition coefficient (Wildman–Crippen LogP) is 1.45. The molecule has 0 radical (unpaired) electrons. The molecule has 0 saturated heterocycles. The van der Waals surface area contributed by atoms with Crippen molar-refractivity contribution < 1.29 is 4.79 Å². The number of nitrogens with one attached hydrogen (secondary N) is 1. The summed E-state index contributed by atoms with van der Waals surface area (Å²) in [5.74, 6) is 0.724. The second kappa shape index (κ2) is 4.97. The predicted molar refractivity (Wildman–Crippen MR) is 66.5 cm³/mol. The maximum Gasteiger partial charge on any atom is 0.225 e. The molecule has 16 heavy (non-hydrogen) atoms. The number of nitrogens with two attached hydrogens (primary N) is 1. The van der Waals surface area contributed by atoms with E-state index in [0.717, 1.165) is 4.88 Å². The van der Waals surface area contributed by atoms with Crippen LogP contribution in [0.25, 0.3) is 0 Å². The minimum absolute atomic E-state index is 0.0814. The molecule has 88 valence electrons. The molecule has 1 aliphatic carbocycles.